The normalized spacial score (nSPS) is 19.3. The molecule has 0 nitrogen and oxygen atoms in total. The van der Waals surface area contributed by atoms with Gasteiger partial charge in [-0.2, -0.15) is 52.7 Å². The van der Waals surface area contributed by atoms with E-state index >= 15 is 0 Å². The van der Waals surface area contributed by atoms with Gasteiger partial charge in [0.25, 0.3) is 11.9 Å². The number of rotatable bonds is 0. The molecule has 0 spiro atoms. The second-order valence-electron chi connectivity index (χ2n) is 2.86. The second-order valence-corrected chi connectivity index (χ2v) is 2.86. The Morgan fingerprint density at radius 1 is 0.737 bits per heavy atom. The van der Waals surface area contributed by atoms with Crippen molar-refractivity contribution in [3.8, 4) is 0 Å². The second kappa shape index (κ2) is 4.96. The summed E-state index contributed by atoms with van der Waals surface area (Å²) in [6.07, 6.45) is -11.9. The Morgan fingerprint density at radius 2 is 1.05 bits per heavy atom. The zero-order valence-electron chi connectivity index (χ0n) is 8.04. The van der Waals surface area contributed by atoms with Crippen LogP contribution in [0.25, 0.3) is 0 Å². The van der Waals surface area contributed by atoms with Gasteiger partial charge in [0.1, 0.15) is 5.57 Å². The number of hydrogen-bond acceptors (Lipinski definition) is 0. The monoisotopic (exact) mass is 312 g/mol. The van der Waals surface area contributed by atoms with Crippen LogP contribution in [0.2, 0.25) is 0 Å². The lowest BCUT2D eigenvalue weighted by Crippen LogP contribution is -2.08. The molecule has 0 heterocycles. The highest BCUT2D eigenvalue weighted by Gasteiger charge is 2.84. The minimum absolute atomic E-state index is 2.35. The summed E-state index contributed by atoms with van der Waals surface area (Å²) in [5.41, 5.74) is -2.35. The molecule has 0 aromatic rings. The fourth-order valence-electron chi connectivity index (χ4n) is 0.636. The summed E-state index contributed by atoms with van der Waals surface area (Å²) in [5, 5.41) is 0. The van der Waals surface area contributed by atoms with Crippen LogP contribution in [0.5, 0.6) is 0 Å². The summed E-state index contributed by atoms with van der Waals surface area (Å²) in [6.45, 7) is 0. The quantitative estimate of drug-likeness (QED) is 0.549. The lowest BCUT2D eigenvalue weighted by molar-refractivity contribution is -0.113. The van der Waals surface area contributed by atoms with Crippen molar-refractivity contribution >= 4 is 0 Å². The van der Waals surface area contributed by atoms with Gasteiger partial charge in [0.15, 0.2) is 0 Å². The Kier molecular flexibility index (Phi) is 4.61. The van der Waals surface area contributed by atoms with Gasteiger partial charge in [-0.15, -0.1) is 0 Å². The maximum atomic E-state index is 11.5. The summed E-state index contributed by atoms with van der Waals surface area (Å²) in [7, 11) is 0. The first-order valence-corrected chi connectivity index (χ1v) is 3.77. The van der Waals surface area contributed by atoms with Crippen LogP contribution in [0.4, 0.5) is 52.7 Å². The van der Waals surface area contributed by atoms with Crippen molar-refractivity contribution in [1.29, 1.82) is 0 Å². The summed E-state index contributed by atoms with van der Waals surface area (Å²) < 4.78 is 133. The molecule has 1 rings (SSSR count). The molecule has 0 atom stereocenters. The highest BCUT2D eigenvalue weighted by molar-refractivity contribution is 5.45. The maximum absolute atomic E-state index is 11.5. The number of alkyl halides is 7. The van der Waals surface area contributed by atoms with Gasteiger partial charge in [-0.05, 0) is 0 Å². The van der Waals surface area contributed by atoms with Crippen molar-refractivity contribution in [1.82, 2.24) is 0 Å². The molecular weight excluding hydrogens is 312 g/mol. The zero-order valence-corrected chi connectivity index (χ0v) is 8.04. The lowest BCUT2D eigenvalue weighted by Gasteiger charge is -1.98. The first kappa shape index (κ1) is 17.6. The molecule has 1 fully saturated rings. The molecule has 0 bridgehead atoms. The molecule has 0 aromatic heterocycles. The van der Waals surface area contributed by atoms with E-state index < -0.39 is 41.6 Å². The zero-order chi connectivity index (χ0) is 15.8. The topological polar surface area (TPSA) is 0 Å². The molecule has 0 aromatic carbocycles. The highest BCUT2D eigenvalue weighted by atomic mass is 19.4. The number of halogens is 12. The van der Waals surface area contributed by atoms with Crippen LogP contribution >= 0.6 is 0 Å². The molecule has 0 unspecified atom stereocenters. The molecule has 0 amide bonds. The predicted octanol–water partition coefficient (Wildman–Crippen LogP) is 5.05. The molecule has 0 radical (unpaired) electrons. The molecule has 0 N–H and O–H groups in total. The standard InChI is InChI=1S/C4F6.C3F6/c5-2(6)1-3(7,8)4(1,9)10;4-1(2(5)6)3(7,8)9. The SMILES string of the molecule is FC(F)=C(F)C(F)(F)F.FC(F)=C1C(F)(F)C1(F)F. The molecule has 19 heavy (non-hydrogen) atoms. The molecule has 0 saturated heterocycles. The first-order valence-electron chi connectivity index (χ1n) is 3.77. The minimum Gasteiger partial charge on any atom is -0.196 e. The van der Waals surface area contributed by atoms with Gasteiger partial charge in [0.2, 0.25) is 0 Å². The van der Waals surface area contributed by atoms with Gasteiger partial charge in [0.05, 0.1) is 0 Å². The van der Waals surface area contributed by atoms with E-state index in [0.717, 1.165) is 0 Å². The van der Waals surface area contributed by atoms with Gasteiger partial charge in [-0.1, -0.05) is 0 Å². The van der Waals surface area contributed by atoms with E-state index in [9.17, 15) is 52.7 Å². The summed E-state index contributed by atoms with van der Waals surface area (Å²) in [5.74, 6) is -12.6. The lowest BCUT2D eigenvalue weighted by atomic mass is 10.6. The molecule has 1 aliphatic carbocycles. The van der Waals surface area contributed by atoms with Crippen molar-refractivity contribution in [3.05, 3.63) is 23.6 Å². The Bertz CT molecular complexity index is 386. The summed E-state index contributed by atoms with van der Waals surface area (Å²) >= 11 is 0. The van der Waals surface area contributed by atoms with E-state index in [0.29, 0.717) is 0 Å². The molecule has 12 heteroatoms. The highest BCUT2D eigenvalue weighted by Crippen LogP contribution is 2.63. The predicted molar refractivity (Wildman–Crippen MR) is 35.5 cm³/mol. The average Bonchev–Trinajstić information content (AvgIpc) is 2.54. The van der Waals surface area contributed by atoms with Gasteiger partial charge in [-0.3, -0.25) is 0 Å². The Hall–Kier alpha value is -1.36. The molecule has 112 valence electrons. The maximum Gasteiger partial charge on any atom is 0.448 e. The third-order valence-corrected chi connectivity index (χ3v) is 1.56. The third-order valence-electron chi connectivity index (χ3n) is 1.56. The largest absolute Gasteiger partial charge is 0.448 e. The third kappa shape index (κ3) is 3.56. The number of allylic oxidation sites excluding steroid dienone is 2. The van der Waals surface area contributed by atoms with Crippen LogP contribution in [0, 0.1) is 0 Å². The van der Waals surface area contributed by atoms with Crippen molar-refractivity contribution in [3.63, 3.8) is 0 Å². The van der Waals surface area contributed by atoms with Crippen molar-refractivity contribution in [2.75, 3.05) is 0 Å². The van der Waals surface area contributed by atoms with Crippen LogP contribution < -0.4 is 0 Å². The first-order chi connectivity index (χ1) is 8.17. The van der Waals surface area contributed by atoms with Crippen LogP contribution in [0.1, 0.15) is 0 Å². The number of hydrogen-bond donors (Lipinski definition) is 0. The van der Waals surface area contributed by atoms with Gasteiger partial charge >= 0.3 is 24.1 Å². The fraction of sp³-hybridized carbons (Fsp3) is 0.429. The van der Waals surface area contributed by atoms with Gasteiger partial charge < -0.3 is 0 Å². The van der Waals surface area contributed by atoms with Gasteiger partial charge in [-0.25, -0.2) is 0 Å². The van der Waals surface area contributed by atoms with E-state index in [1.165, 1.54) is 0 Å². The Balaban J connectivity index is 0.000000344. The Morgan fingerprint density at radius 3 is 1.05 bits per heavy atom. The molecule has 1 aliphatic rings. The average molecular weight is 312 g/mol. The summed E-state index contributed by atoms with van der Waals surface area (Å²) in [6, 6.07) is 0. The van der Waals surface area contributed by atoms with Gasteiger partial charge in [0, 0.05) is 0 Å². The van der Waals surface area contributed by atoms with E-state index in [1.807, 2.05) is 0 Å². The van der Waals surface area contributed by atoms with Crippen LogP contribution in [0.15, 0.2) is 23.6 Å². The molecule has 0 aliphatic heterocycles. The molecule has 1 saturated carbocycles. The minimum atomic E-state index is -5.56. The van der Waals surface area contributed by atoms with Crippen LogP contribution in [0.3, 0.4) is 0 Å². The van der Waals surface area contributed by atoms with Crippen molar-refractivity contribution in [2.45, 2.75) is 18.0 Å². The van der Waals surface area contributed by atoms with Crippen LogP contribution in [-0.4, -0.2) is 18.0 Å². The summed E-state index contributed by atoms with van der Waals surface area (Å²) in [4.78, 5) is 0. The van der Waals surface area contributed by atoms with E-state index in [4.69, 9.17) is 0 Å². The van der Waals surface area contributed by atoms with Crippen molar-refractivity contribution in [2.24, 2.45) is 0 Å². The smallest absolute Gasteiger partial charge is 0.196 e. The van der Waals surface area contributed by atoms with E-state index in [-0.39, 0.29) is 0 Å². The fourth-order valence-corrected chi connectivity index (χ4v) is 0.636. The Labute approximate surface area is 95.5 Å². The van der Waals surface area contributed by atoms with E-state index in [2.05, 4.69) is 0 Å². The van der Waals surface area contributed by atoms with E-state index in [1.54, 1.807) is 0 Å². The van der Waals surface area contributed by atoms with Crippen molar-refractivity contribution < 1.29 is 52.7 Å². The molecular formula is C7F12. The van der Waals surface area contributed by atoms with Crippen LogP contribution in [-0.2, 0) is 0 Å².